The van der Waals surface area contributed by atoms with Crippen molar-refractivity contribution in [1.82, 2.24) is 20.6 Å². The highest BCUT2D eigenvalue weighted by atomic mass is 16.5. The number of aromatic amines is 1. The minimum Gasteiger partial charge on any atom is -0.481 e. The molecule has 3 rings (SSSR count). The summed E-state index contributed by atoms with van der Waals surface area (Å²) < 4.78 is 5.38. The Labute approximate surface area is 134 Å². The average Bonchev–Trinajstić information content (AvgIpc) is 3.10. The lowest BCUT2D eigenvalue weighted by molar-refractivity contribution is -0.146. The summed E-state index contributed by atoms with van der Waals surface area (Å²) in [5.74, 6) is -1.13. The Morgan fingerprint density at radius 1 is 1.30 bits per heavy atom. The van der Waals surface area contributed by atoms with E-state index in [2.05, 4.69) is 20.6 Å². The van der Waals surface area contributed by atoms with Crippen LogP contribution < -0.4 is 0 Å². The van der Waals surface area contributed by atoms with Gasteiger partial charge in [0.25, 0.3) is 0 Å². The van der Waals surface area contributed by atoms with Gasteiger partial charge in [-0.15, -0.1) is 10.2 Å². The maximum Gasteiger partial charge on any atom is 0.307 e. The summed E-state index contributed by atoms with van der Waals surface area (Å²) in [4.78, 5) is 12.0. The van der Waals surface area contributed by atoms with Crippen LogP contribution >= 0.6 is 0 Å². The zero-order chi connectivity index (χ0) is 16.1. The molecular formula is C16H20N4O3. The molecule has 1 fully saturated rings. The van der Waals surface area contributed by atoms with E-state index < -0.39 is 11.9 Å². The van der Waals surface area contributed by atoms with Gasteiger partial charge in [0.15, 0.2) is 5.82 Å². The predicted octanol–water partition coefficient (Wildman–Crippen LogP) is 1.65. The van der Waals surface area contributed by atoms with Gasteiger partial charge in [-0.05, 0) is 30.7 Å². The molecule has 1 aromatic heterocycles. The molecular weight excluding hydrogens is 296 g/mol. The predicted molar refractivity (Wildman–Crippen MR) is 81.7 cm³/mol. The number of rotatable bonds is 6. The molecule has 0 aliphatic carbocycles. The summed E-state index contributed by atoms with van der Waals surface area (Å²) in [6.07, 6.45) is 2.08. The molecule has 2 aromatic rings. The fraction of sp³-hybridized carbons (Fsp3) is 0.500. The minimum absolute atomic E-state index is 0.0634. The summed E-state index contributed by atoms with van der Waals surface area (Å²) in [6, 6.07) is 9.84. The highest BCUT2D eigenvalue weighted by Gasteiger charge is 2.39. The third kappa shape index (κ3) is 3.73. The molecule has 1 aliphatic heterocycles. The number of benzene rings is 1. The maximum atomic E-state index is 12.0. The van der Waals surface area contributed by atoms with E-state index in [0.29, 0.717) is 25.5 Å². The Morgan fingerprint density at radius 2 is 2.04 bits per heavy atom. The van der Waals surface area contributed by atoms with E-state index in [1.165, 1.54) is 0 Å². The second-order valence-electron chi connectivity index (χ2n) is 5.88. The number of nitrogens with zero attached hydrogens (tertiary/aromatic N) is 3. The molecule has 7 nitrogen and oxygen atoms in total. The average molecular weight is 316 g/mol. The highest BCUT2D eigenvalue weighted by molar-refractivity contribution is 5.71. The van der Waals surface area contributed by atoms with Crippen LogP contribution in [0, 0.1) is 11.8 Å². The Morgan fingerprint density at radius 3 is 2.65 bits per heavy atom. The Kier molecular flexibility index (Phi) is 4.97. The first-order chi connectivity index (χ1) is 11.3. The van der Waals surface area contributed by atoms with Crippen molar-refractivity contribution < 1.29 is 14.6 Å². The molecule has 1 aromatic carbocycles. The molecule has 2 atom stereocenters. The van der Waals surface area contributed by atoms with Gasteiger partial charge >= 0.3 is 5.97 Å². The van der Waals surface area contributed by atoms with Gasteiger partial charge in [-0.25, -0.2) is 0 Å². The first-order valence-electron chi connectivity index (χ1n) is 7.83. The van der Waals surface area contributed by atoms with Gasteiger partial charge in [-0.2, -0.15) is 5.21 Å². The van der Waals surface area contributed by atoms with E-state index in [1.807, 2.05) is 30.3 Å². The normalized spacial score (nSPS) is 18.4. The van der Waals surface area contributed by atoms with E-state index in [1.54, 1.807) is 0 Å². The zero-order valence-electron chi connectivity index (χ0n) is 12.8. The second kappa shape index (κ2) is 7.32. The first-order valence-corrected chi connectivity index (χ1v) is 7.83. The molecule has 0 unspecified atom stereocenters. The molecule has 0 saturated carbocycles. The van der Waals surface area contributed by atoms with Crippen LogP contribution in [-0.2, 0) is 16.0 Å². The van der Waals surface area contributed by atoms with Crippen LogP contribution in [0.2, 0.25) is 0 Å². The summed E-state index contributed by atoms with van der Waals surface area (Å²) in [5, 5.41) is 24.0. The van der Waals surface area contributed by atoms with Crippen molar-refractivity contribution in [2.75, 3.05) is 13.2 Å². The number of hydrogen-bond acceptors (Lipinski definition) is 5. The molecule has 2 heterocycles. The number of tetrazole rings is 1. The molecule has 23 heavy (non-hydrogen) atoms. The standard InChI is InChI=1S/C16H20N4O3/c21-16(22)14(12-6-8-23-9-7-12)13(15-17-19-20-18-15)10-11-4-2-1-3-5-11/h1-5,12-14H,6-10H2,(H,21,22)(H,17,18,19,20)/t13-,14-/m0/s1. The second-order valence-corrected chi connectivity index (χ2v) is 5.88. The van der Waals surface area contributed by atoms with Crippen molar-refractivity contribution in [2.45, 2.75) is 25.2 Å². The summed E-state index contributed by atoms with van der Waals surface area (Å²) in [5.41, 5.74) is 1.07. The fourth-order valence-corrected chi connectivity index (χ4v) is 3.35. The minimum atomic E-state index is -0.803. The van der Waals surface area contributed by atoms with E-state index in [0.717, 1.165) is 18.4 Å². The molecule has 122 valence electrons. The summed E-state index contributed by atoms with van der Waals surface area (Å²) in [6.45, 7) is 1.22. The summed E-state index contributed by atoms with van der Waals surface area (Å²) in [7, 11) is 0. The SMILES string of the molecule is O=C(O)[C@@H](C1CCOCC1)[C@H](Cc1ccccc1)c1nn[nH]n1. The van der Waals surface area contributed by atoms with Gasteiger partial charge in [0, 0.05) is 19.1 Å². The third-order valence-corrected chi connectivity index (χ3v) is 4.48. The lowest BCUT2D eigenvalue weighted by atomic mass is 9.75. The van der Waals surface area contributed by atoms with Crippen LogP contribution in [0.1, 0.15) is 30.1 Å². The lowest BCUT2D eigenvalue weighted by Gasteiger charge is -2.31. The monoisotopic (exact) mass is 316 g/mol. The van der Waals surface area contributed by atoms with Crippen LogP contribution in [0.3, 0.4) is 0 Å². The molecule has 0 bridgehead atoms. The summed E-state index contributed by atoms with van der Waals surface area (Å²) >= 11 is 0. The maximum absolute atomic E-state index is 12.0. The molecule has 0 spiro atoms. The topological polar surface area (TPSA) is 101 Å². The number of nitrogens with one attached hydrogen (secondary N) is 1. The van der Waals surface area contributed by atoms with Crippen molar-refractivity contribution >= 4 is 5.97 Å². The van der Waals surface area contributed by atoms with Gasteiger partial charge in [0.05, 0.1) is 5.92 Å². The number of carbonyl (C=O) groups is 1. The van der Waals surface area contributed by atoms with E-state index in [9.17, 15) is 9.90 Å². The molecule has 0 radical (unpaired) electrons. The first kappa shape index (κ1) is 15.6. The Balaban J connectivity index is 1.90. The van der Waals surface area contributed by atoms with E-state index >= 15 is 0 Å². The van der Waals surface area contributed by atoms with Crippen molar-refractivity contribution in [2.24, 2.45) is 11.8 Å². The molecule has 7 heteroatoms. The number of H-pyrrole nitrogens is 1. The van der Waals surface area contributed by atoms with Crippen molar-refractivity contribution in [3.8, 4) is 0 Å². The Bertz CT molecular complexity index is 612. The number of carboxylic acids is 1. The zero-order valence-corrected chi connectivity index (χ0v) is 12.8. The number of aromatic nitrogens is 4. The van der Waals surface area contributed by atoms with E-state index in [-0.39, 0.29) is 11.8 Å². The molecule has 1 aliphatic rings. The third-order valence-electron chi connectivity index (χ3n) is 4.48. The van der Waals surface area contributed by atoms with Gasteiger partial charge in [-0.3, -0.25) is 4.79 Å². The van der Waals surface area contributed by atoms with Crippen LogP contribution in [0.4, 0.5) is 0 Å². The number of hydrogen-bond donors (Lipinski definition) is 2. The van der Waals surface area contributed by atoms with E-state index in [4.69, 9.17) is 4.74 Å². The van der Waals surface area contributed by atoms with Crippen molar-refractivity contribution in [3.63, 3.8) is 0 Å². The van der Waals surface area contributed by atoms with Crippen LogP contribution in [0.25, 0.3) is 0 Å². The largest absolute Gasteiger partial charge is 0.481 e. The van der Waals surface area contributed by atoms with Gasteiger partial charge < -0.3 is 9.84 Å². The van der Waals surface area contributed by atoms with Crippen molar-refractivity contribution in [1.29, 1.82) is 0 Å². The highest BCUT2D eigenvalue weighted by Crippen LogP contribution is 2.36. The molecule has 2 N–H and O–H groups in total. The Hall–Kier alpha value is -2.28. The molecule has 1 saturated heterocycles. The van der Waals surface area contributed by atoms with Crippen LogP contribution in [0.15, 0.2) is 30.3 Å². The van der Waals surface area contributed by atoms with Gasteiger partial charge in [-0.1, -0.05) is 35.5 Å². The number of ether oxygens (including phenoxy) is 1. The smallest absolute Gasteiger partial charge is 0.307 e. The van der Waals surface area contributed by atoms with Gasteiger partial charge in [0.2, 0.25) is 0 Å². The van der Waals surface area contributed by atoms with Crippen molar-refractivity contribution in [3.05, 3.63) is 41.7 Å². The van der Waals surface area contributed by atoms with Crippen LogP contribution in [-0.4, -0.2) is 44.9 Å². The fourth-order valence-electron chi connectivity index (χ4n) is 3.35. The number of aliphatic carboxylic acids is 1. The number of carboxylic acid groups (broad SMARTS) is 1. The van der Waals surface area contributed by atoms with Crippen LogP contribution in [0.5, 0.6) is 0 Å². The molecule has 0 amide bonds. The quantitative estimate of drug-likeness (QED) is 0.840. The van der Waals surface area contributed by atoms with Gasteiger partial charge in [0.1, 0.15) is 0 Å². The lowest BCUT2D eigenvalue weighted by Crippen LogP contribution is -2.35.